The number of carbonyl (C=O) groups is 3. The molecule has 0 saturated heterocycles. The second kappa shape index (κ2) is 5.81. The Labute approximate surface area is 172 Å². The van der Waals surface area contributed by atoms with Crippen LogP contribution < -0.4 is 5.73 Å². The molecule has 2 heterocycles. The number of nitrogens with two attached hydrogens (primary N) is 1. The number of amides is 1. The minimum atomic E-state index is -1.45. The van der Waals surface area contributed by atoms with E-state index in [0.717, 1.165) is 0 Å². The van der Waals surface area contributed by atoms with Crippen LogP contribution in [0.15, 0.2) is 40.0 Å². The third kappa shape index (κ3) is 2.16. The molecule has 2 N–H and O–H groups in total. The Morgan fingerprint density at radius 1 is 1.27 bits per heavy atom. The molecule has 2 aliphatic carbocycles. The van der Waals surface area contributed by atoms with Gasteiger partial charge < -0.3 is 19.8 Å². The third-order valence-electron chi connectivity index (χ3n) is 6.21. The molecule has 154 valence electrons. The average Bonchev–Trinajstić information content (AvgIpc) is 3.26. The van der Waals surface area contributed by atoms with Crippen molar-refractivity contribution in [3.05, 3.63) is 46.8 Å². The minimum absolute atomic E-state index is 0.0705. The van der Waals surface area contributed by atoms with Gasteiger partial charge in [-0.1, -0.05) is 38.1 Å². The predicted molar refractivity (Wildman–Crippen MR) is 106 cm³/mol. The number of ketones is 1. The molecule has 8 heteroatoms. The molecule has 1 spiro atoms. The summed E-state index contributed by atoms with van der Waals surface area (Å²) >= 11 is 0. The molecule has 3 aliphatic rings. The van der Waals surface area contributed by atoms with E-state index < -0.39 is 17.3 Å². The summed E-state index contributed by atoms with van der Waals surface area (Å²) in [5.41, 5.74) is 6.59. The van der Waals surface area contributed by atoms with Crippen molar-refractivity contribution in [1.82, 2.24) is 9.88 Å². The summed E-state index contributed by atoms with van der Waals surface area (Å²) in [6.45, 7) is 3.68. The fourth-order valence-electron chi connectivity index (χ4n) is 5.12. The van der Waals surface area contributed by atoms with Gasteiger partial charge in [0.05, 0.1) is 7.11 Å². The summed E-state index contributed by atoms with van der Waals surface area (Å²) in [7, 11) is 1.27. The number of esters is 1. The van der Waals surface area contributed by atoms with Crippen LogP contribution in [-0.2, 0) is 24.5 Å². The number of hydrogen-bond donors (Lipinski definition) is 1. The predicted octanol–water partition coefficient (Wildman–Crippen LogP) is 2.18. The fourth-order valence-corrected chi connectivity index (χ4v) is 5.12. The van der Waals surface area contributed by atoms with Crippen LogP contribution in [-0.4, -0.2) is 41.2 Å². The molecular formula is C22H21N3O5. The molecule has 1 unspecified atom stereocenters. The van der Waals surface area contributed by atoms with E-state index in [2.05, 4.69) is 4.98 Å². The fraction of sp³-hybridized carbons (Fsp3) is 0.364. The maximum absolute atomic E-state index is 14.0. The second-order valence-corrected chi connectivity index (χ2v) is 8.76. The zero-order valence-corrected chi connectivity index (χ0v) is 16.9. The summed E-state index contributed by atoms with van der Waals surface area (Å²) in [5.74, 6) is -0.704. The quantitative estimate of drug-likeness (QED) is 0.759. The van der Waals surface area contributed by atoms with Gasteiger partial charge in [0, 0.05) is 23.3 Å². The van der Waals surface area contributed by atoms with Gasteiger partial charge in [0.2, 0.25) is 5.91 Å². The van der Waals surface area contributed by atoms with Gasteiger partial charge in [-0.25, -0.2) is 0 Å². The lowest BCUT2D eigenvalue weighted by Crippen LogP contribution is -2.43. The highest BCUT2D eigenvalue weighted by molar-refractivity contribution is 6.17. The number of Topliss-reactive ketones (excluding diaryl/α,β-unsaturated/α-hetero) is 1. The number of allylic oxidation sites excluding steroid dienone is 1. The first-order valence-corrected chi connectivity index (χ1v) is 9.73. The topological polar surface area (TPSA) is 116 Å². The minimum Gasteiger partial charge on any atom is -0.468 e. The van der Waals surface area contributed by atoms with Crippen molar-refractivity contribution < 1.29 is 23.5 Å². The summed E-state index contributed by atoms with van der Waals surface area (Å²) in [6, 6.07) is 7.19. The first-order valence-electron chi connectivity index (χ1n) is 9.73. The van der Waals surface area contributed by atoms with Crippen LogP contribution in [0, 0.1) is 5.41 Å². The summed E-state index contributed by atoms with van der Waals surface area (Å²) in [5, 5.41) is 0. The maximum Gasteiger partial charge on any atom is 0.325 e. The Kier molecular flexibility index (Phi) is 3.60. The number of methoxy groups -OCH3 is 1. The molecule has 0 bridgehead atoms. The lowest BCUT2D eigenvalue weighted by atomic mass is 9.67. The van der Waals surface area contributed by atoms with E-state index in [-0.39, 0.29) is 30.2 Å². The number of rotatable bonds is 2. The van der Waals surface area contributed by atoms with E-state index in [1.807, 2.05) is 32.0 Å². The van der Waals surface area contributed by atoms with Gasteiger partial charge in [-0.2, -0.15) is 4.98 Å². The number of oxazole rings is 1. The van der Waals surface area contributed by atoms with Crippen molar-refractivity contribution in [2.24, 2.45) is 5.41 Å². The van der Waals surface area contributed by atoms with Gasteiger partial charge in [0.1, 0.15) is 12.2 Å². The zero-order valence-electron chi connectivity index (χ0n) is 16.9. The standard InChI is InChI=1S/C22H21N3O5/c1-21(2)8-13-16(14(26)9-21)22(19(28)25(13)10-15(27)29-3)12-7-5-4-6-11(12)17-18(22)24-20(23)30-17/h4-7H,8-10H2,1-3H3,(H2,23,24). The zero-order chi connectivity index (χ0) is 21.4. The number of hydrogen-bond acceptors (Lipinski definition) is 7. The molecule has 2 aromatic rings. The molecule has 1 atom stereocenters. The van der Waals surface area contributed by atoms with E-state index in [9.17, 15) is 14.4 Å². The Morgan fingerprint density at radius 2 is 2.00 bits per heavy atom. The molecule has 0 saturated carbocycles. The van der Waals surface area contributed by atoms with Crippen LogP contribution in [0.4, 0.5) is 6.01 Å². The van der Waals surface area contributed by atoms with Crippen molar-refractivity contribution in [3.63, 3.8) is 0 Å². The molecule has 1 aliphatic heterocycles. The SMILES string of the molecule is COC(=O)CN1C(=O)C2(C3=C1CC(C)(C)CC3=O)c1ccccc1-c1oc(N)nc12. The second-order valence-electron chi connectivity index (χ2n) is 8.76. The Bertz CT molecular complexity index is 1180. The Hall–Kier alpha value is -3.42. The van der Waals surface area contributed by atoms with Gasteiger partial charge >= 0.3 is 5.97 Å². The Morgan fingerprint density at radius 3 is 2.73 bits per heavy atom. The van der Waals surface area contributed by atoms with Crippen LogP contribution in [0.3, 0.4) is 0 Å². The molecular weight excluding hydrogens is 386 g/mol. The highest BCUT2D eigenvalue weighted by Gasteiger charge is 2.65. The lowest BCUT2D eigenvalue weighted by molar-refractivity contribution is -0.146. The van der Waals surface area contributed by atoms with Gasteiger partial charge in [-0.05, 0) is 17.4 Å². The normalized spacial score (nSPS) is 23.6. The molecule has 1 amide bonds. The van der Waals surface area contributed by atoms with Crippen molar-refractivity contribution >= 4 is 23.7 Å². The van der Waals surface area contributed by atoms with E-state index in [1.165, 1.54) is 12.0 Å². The van der Waals surface area contributed by atoms with Crippen LogP contribution in [0.5, 0.6) is 0 Å². The van der Waals surface area contributed by atoms with Gasteiger partial charge in [0.25, 0.3) is 6.01 Å². The maximum atomic E-state index is 14.0. The van der Waals surface area contributed by atoms with E-state index in [0.29, 0.717) is 40.3 Å². The third-order valence-corrected chi connectivity index (χ3v) is 6.21. The Balaban J connectivity index is 1.84. The number of anilines is 1. The first kappa shape index (κ1) is 18.6. The van der Waals surface area contributed by atoms with E-state index >= 15 is 0 Å². The molecule has 8 nitrogen and oxygen atoms in total. The van der Waals surface area contributed by atoms with Crippen LogP contribution >= 0.6 is 0 Å². The van der Waals surface area contributed by atoms with Gasteiger partial charge in [0.15, 0.2) is 17.0 Å². The first-order chi connectivity index (χ1) is 14.2. The monoisotopic (exact) mass is 407 g/mol. The summed E-state index contributed by atoms with van der Waals surface area (Å²) in [6.07, 6.45) is 0.765. The highest BCUT2D eigenvalue weighted by Crippen LogP contribution is 2.60. The lowest BCUT2D eigenvalue weighted by Gasteiger charge is -2.33. The van der Waals surface area contributed by atoms with Crippen LogP contribution in [0.2, 0.25) is 0 Å². The number of benzene rings is 1. The van der Waals surface area contributed by atoms with E-state index in [4.69, 9.17) is 14.9 Å². The number of nitrogen functional groups attached to an aromatic ring is 1. The highest BCUT2D eigenvalue weighted by atomic mass is 16.5. The molecule has 1 aromatic carbocycles. The number of ether oxygens (including phenoxy) is 1. The summed E-state index contributed by atoms with van der Waals surface area (Å²) in [4.78, 5) is 45.4. The molecule has 5 rings (SSSR count). The number of fused-ring (bicyclic) bond motifs is 6. The number of aromatic nitrogens is 1. The van der Waals surface area contributed by atoms with Crippen molar-refractivity contribution in [3.8, 4) is 11.3 Å². The van der Waals surface area contributed by atoms with Crippen molar-refractivity contribution in [2.75, 3.05) is 19.4 Å². The summed E-state index contributed by atoms with van der Waals surface area (Å²) < 4.78 is 10.5. The van der Waals surface area contributed by atoms with Crippen LogP contribution in [0.1, 0.15) is 37.9 Å². The van der Waals surface area contributed by atoms with Crippen LogP contribution in [0.25, 0.3) is 11.3 Å². The molecule has 30 heavy (non-hydrogen) atoms. The van der Waals surface area contributed by atoms with Gasteiger partial charge in [-0.3, -0.25) is 14.4 Å². The smallest absolute Gasteiger partial charge is 0.325 e. The average molecular weight is 407 g/mol. The van der Waals surface area contributed by atoms with Crippen molar-refractivity contribution in [2.45, 2.75) is 32.1 Å². The molecule has 0 radical (unpaired) electrons. The van der Waals surface area contributed by atoms with Crippen molar-refractivity contribution in [1.29, 1.82) is 0 Å². The van der Waals surface area contributed by atoms with Gasteiger partial charge in [-0.15, -0.1) is 0 Å². The number of nitrogens with zero attached hydrogens (tertiary/aromatic N) is 2. The van der Waals surface area contributed by atoms with E-state index in [1.54, 1.807) is 6.07 Å². The molecule has 1 aromatic heterocycles. The number of carbonyl (C=O) groups excluding carboxylic acids is 3. The molecule has 0 fully saturated rings. The largest absolute Gasteiger partial charge is 0.468 e.